The summed E-state index contributed by atoms with van der Waals surface area (Å²) in [5, 5.41) is 19.1. The second kappa shape index (κ2) is 6.09. The van der Waals surface area contributed by atoms with Crippen molar-refractivity contribution in [3.63, 3.8) is 0 Å². The van der Waals surface area contributed by atoms with Gasteiger partial charge in [-0.3, -0.25) is 9.59 Å². The molecule has 1 heterocycles. The van der Waals surface area contributed by atoms with Crippen molar-refractivity contribution in [2.75, 3.05) is 5.32 Å². The fourth-order valence-corrected chi connectivity index (χ4v) is 1.74. The monoisotopic (exact) mass is 251 g/mol. The lowest BCUT2D eigenvalue weighted by Crippen LogP contribution is -2.34. The third kappa shape index (κ3) is 3.26. The minimum absolute atomic E-state index is 0.0636. The molecule has 0 bridgehead atoms. The molecule has 2 N–H and O–H groups in total. The zero-order valence-corrected chi connectivity index (χ0v) is 10.5. The zero-order chi connectivity index (χ0) is 13.6. The van der Waals surface area contributed by atoms with Crippen molar-refractivity contribution in [3.05, 3.63) is 18.3 Å². The molecule has 0 aliphatic heterocycles. The quantitative estimate of drug-likeness (QED) is 0.802. The third-order valence-electron chi connectivity index (χ3n) is 3.15. The fourth-order valence-electron chi connectivity index (χ4n) is 1.74. The molecule has 1 amide bonds. The molecular formula is C12H17N3O3. The number of rotatable bonds is 6. The molecule has 0 unspecified atom stereocenters. The van der Waals surface area contributed by atoms with Gasteiger partial charge in [-0.2, -0.15) is 5.10 Å². The van der Waals surface area contributed by atoms with Gasteiger partial charge >= 0.3 is 5.97 Å². The Kier molecular flexibility index (Phi) is 4.76. The van der Waals surface area contributed by atoms with E-state index in [1.807, 2.05) is 0 Å². The van der Waals surface area contributed by atoms with Crippen molar-refractivity contribution in [1.29, 1.82) is 0 Å². The number of carboxylic acid groups (broad SMARTS) is 1. The van der Waals surface area contributed by atoms with Crippen LogP contribution in [0.1, 0.15) is 33.1 Å². The summed E-state index contributed by atoms with van der Waals surface area (Å²) in [6.45, 7) is 3.54. The first-order valence-corrected chi connectivity index (χ1v) is 5.85. The molecule has 1 rings (SSSR count). The number of nitrogens with one attached hydrogen (secondary N) is 1. The molecule has 0 aliphatic carbocycles. The molecule has 0 atom stereocenters. The predicted octanol–water partition coefficient (Wildman–Crippen LogP) is 1.70. The van der Waals surface area contributed by atoms with Crippen LogP contribution in [0.2, 0.25) is 0 Å². The highest BCUT2D eigenvalue weighted by Crippen LogP contribution is 2.31. The number of hydrogen-bond donors (Lipinski definition) is 2. The Morgan fingerprint density at radius 3 is 2.50 bits per heavy atom. The van der Waals surface area contributed by atoms with Crippen molar-refractivity contribution >= 4 is 17.7 Å². The molecule has 1 aromatic rings. The minimum atomic E-state index is -1.01. The van der Waals surface area contributed by atoms with Gasteiger partial charge in [-0.1, -0.05) is 13.8 Å². The molecule has 98 valence electrons. The molecule has 0 spiro atoms. The highest BCUT2D eigenvalue weighted by atomic mass is 16.4. The van der Waals surface area contributed by atoms with Crippen LogP contribution in [0.25, 0.3) is 0 Å². The Morgan fingerprint density at radius 1 is 1.39 bits per heavy atom. The van der Waals surface area contributed by atoms with Crippen LogP contribution in [-0.2, 0) is 9.59 Å². The largest absolute Gasteiger partial charge is 0.481 e. The maximum atomic E-state index is 11.8. The summed E-state index contributed by atoms with van der Waals surface area (Å²) in [5.41, 5.74) is -1.01. The van der Waals surface area contributed by atoms with E-state index in [2.05, 4.69) is 15.5 Å². The van der Waals surface area contributed by atoms with Crippen LogP contribution in [0, 0.1) is 5.41 Å². The summed E-state index contributed by atoms with van der Waals surface area (Å²) in [4.78, 5) is 23.1. The van der Waals surface area contributed by atoms with Crippen LogP contribution in [0.15, 0.2) is 18.3 Å². The number of aromatic nitrogens is 2. The molecule has 0 radical (unpaired) electrons. The van der Waals surface area contributed by atoms with E-state index in [0.717, 1.165) is 0 Å². The van der Waals surface area contributed by atoms with E-state index in [9.17, 15) is 14.7 Å². The molecule has 0 fully saturated rings. The second-order valence-electron chi connectivity index (χ2n) is 4.13. The van der Waals surface area contributed by atoms with Gasteiger partial charge in [0.2, 0.25) is 5.91 Å². The van der Waals surface area contributed by atoms with Gasteiger partial charge in [0.15, 0.2) is 5.82 Å². The van der Waals surface area contributed by atoms with Crippen molar-refractivity contribution < 1.29 is 14.7 Å². The van der Waals surface area contributed by atoms with Crippen LogP contribution >= 0.6 is 0 Å². The summed E-state index contributed by atoms with van der Waals surface area (Å²) < 4.78 is 0. The van der Waals surface area contributed by atoms with Gasteiger partial charge in [0.25, 0.3) is 0 Å². The maximum absolute atomic E-state index is 11.8. The number of amides is 1. The zero-order valence-electron chi connectivity index (χ0n) is 10.5. The average Bonchev–Trinajstić information content (AvgIpc) is 2.37. The molecule has 1 aromatic heterocycles. The number of carbonyl (C=O) groups is 2. The van der Waals surface area contributed by atoms with Crippen molar-refractivity contribution in [3.8, 4) is 0 Å². The normalized spacial score (nSPS) is 11.0. The van der Waals surface area contributed by atoms with E-state index in [1.165, 1.54) is 6.20 Å². The Hall–Kier alpha value is -1.98. The molecular weight excluding hydrogens is 234 g/mol. The molecule has 0 saturated heterocycles. The van der Waals surface area contributed by atoms with Gasteiger partial charge < -0.3 is 10.4 Å². The molecule has 0 aliphatic rings. The van der Waals surface area contributed by atoms with E-state index in [0.29, 0.717) is 18.7 Å². The summed E-state index contributed by atoms with van der Waals surface area (Å²) in [7, 11) is 0. The number of carbonyl (C=O) groups excluding carboxylic acids is 1. The van der Waals surface area contributed by atoms with Crippen LogP contribution in [0.3, 0.4) is 0 Å². The van der Waals surface area contributed by atoms with Crippen LogP contribution in [0.5, 0.6) is 0 Å². The first kappa shape index (κ1) is 14.1. The number of nitrogens with zero attached hydrogens (tertiary/aromatic N) is 2. The maximum Gasteiger partial charge on any atom is 0.310 e. The molecule has 6 nitrogen and oxygen atoms in total. The van der Waals surface area contributed by atoms with Gasteiger partial charge in [-0.25, -0.2) is 0 Å². The van der Waals surface area contributed by atoms with Crippen molar-refractivity contribution in [1.82, 2.24) is 10.2 Å². The van der Waals surface area contributed by atoms with Crippen LogP contribution in [0.4, 0.5) is 5.82 Å². The molecule has 6 heteroatoms. The van der Waals surface area contributed by atoms with E-state index >= 15 is 0 Å². The lowest BCUT2D eigenvalue weighted by atomic mass is 9.79. The Labute approximate surface area is 105 Å². The molecule has 18 heavy (non-hydrogen) atoms. The van der Waals surface area contributed by atoms with Crippen LogP contribution in [-0.4, -0.2) is 27.2 Å². The standard InChI is InChI=1S/C12H17N3O3/c1-3-12(4-2,11(17)18)8-10(16)14-9-6-5-7-13-15-9/h5-7H,3-4,8H2,1-2H3,(H,17,18)(H,14,15,16). The van der Waals surface area contributed by atoms with Gasteiger partial charge in [-0.15, -0.1) is 5.10 Å². The summed E-state index contributed by atoms with van der Waals surface area (Å²) in [6.07, 6.45) is 2.25. The van der Waals surface area contributed by atoms with Crippen molar-refractivity contribution in [2.45, 2.75) is 33.1 Å². The Bertz CT molecular complexity index is 416. The summed E-state index contributed by atoms with van der Waals surface area (Å²) >= 11 is 0. The lowest BCUT2D eigenvalue weighted by Gasteiger charge is -2.25. The van der Waals surface area contributed by atoms with Gasteiger partial charge in [0, 0.05) is 12.6 Å². The summed E-state index contributed by atoms with van der Waals surface area (Å²) in [5.74, 6) is -0.975. The number of carboxylic acids is 1. The van der Waals surface area contributed by atoms with Gasteiger partial charge in [0.05, 0.1) is 5.41 Å². The fraction of sp³-hybridized carbons (Fsp3) is 0.500. The van der Waals surface area contributed by atoms with E-state index in [-0.39, 0.29) is 12.3 Å². The number of anilines is 1. The minimum Gasteiger partial charge on any atom is -0.481 e. The molecule has 0 saturated carbocycles. The van der Waals surface area contributed by atoms with Crippen LogP contribution < -0.4 is 5.32 Å². The van der Waals surface area contributed by atoms with Crippen molar-refractivity contribution in [2.24, 2.45) is 5.41 Å². The Balaban J connectivity index is 2.71. The van der Waals surface area contributed by atoms with Gasteiger partial charge in [0.1, 0.15) is 0 Å². The first-order chi connectivity index (χ1) is 8.54. The lowest BCUT2D eigenvalue weighted by molar-refractivity contribution is -0.151. The average molecular weight is 251 g/mol. The highest BCUT2D eigenvalue weighted by molar-refractivity contribution is 5.93. The topological polar surface area (TPSA) is 92.2 Å². The van der Waals surface area contributed by atoms with E-state index in [4.69, 9.17) is 0 Å². The predicted molar refractivity (Wildman–Crippen MR) is 65.9 cm³/mol. The van der Waals surface area contributed by atoms with E-state index in [1.54, 1.807) is 26.0 Å². The number of hydrogen-bond acceptors (Lipinski definition) is 4. The Morgan fingerprint density at radius 2 is 2.06 bits per heavy atom. The SMILES string of the molecule is CCC(CC)(CC(=O)Nc1cccnn1)C(=O)O. The smallest absolute Gasteiger partial charge is 0.310 e. The van der Waals surface area contributed by atoms with E-state index < -0.39 is 11.4 Å². The second-order valence-corrected chi connectivity index (χ2v) is 4.13. The first-order valence-electron chi connectivity index (χ1n) is 5.85. The number of aliphatic carboxylic acids is 1. The summed E-state index contributed by atoms with van der Waals surface area (Å²) in [6, 6.07) is 3.25. The molecule has 0 aromatic carbocycles. The van der Waals surface area contributed by atoms with Gasteiger partial charge in [-0.05, 0) is 25.0 Å². The third-order valence-corrected chi connectivity index (χ3v) is 3.15. The highest BCUT2D eigenvalue weighted by Gasteiger charge is 2.37.